The molecule has 0 radical (unpaired) electrons. The standard InChI is InChI=1S/C10H19NO4/c1-5-6-7(8(12)13)11-9(14)10(2,3)15-4/h7H,5-6H2,1-4H3,(H,11,14)(H,12,13)/t7-/m0/s1. The summed E-state index contributed by atoms with van der Waals surface area (Å²) in [5.74, 6) is -1.43. The van der Waals surface area contributed by atoms with E-state index < -0.39 is 23.5 Å². The highest BCUT2D eigenvalue weighted by atomic mass is 16.5. The van der Waals surface area contributed by atoms with Crippen LogP contribution in [0.2, 0.25) is 0 Å². The molecule has 0 heterocycles. The van der Waals surface area contributed by atoms with Crippen molar-refractivity contribution >= 4 is 11.9 Å². The maximum Gasteiger partial charge on any atom is 0.326 e. The Morgan fingerprint density at radius 3 is 2.33 bits per heavy atom. The average Bonchev–Trinajstić information content (AvgIpc) is 2.16. The van der Waals surface area contributed by atoms with Gasteiger partial charge in [-0.2, -0.15) is 0 Å². The van der Waals surface area contributed by atoms with Gasteiger partial charge in [-0.25, -0.2) is 4.79 Å². The zero-order valence-corrected chi connectivity index (χ0v) is 9.66. The third-order valence-corrected chi connectivity index (χ3v) is 2.24. The molecule has 88 valence electrons. The second-order valence-electron chi connectivity index (χ2n) is 3.87. The summed E-state index contributed by atoms with van der Waals surface area (Å²) < 4.78 is 4.95. The Balaban J connectivity index is 4.41. The molecule has 0 aromatic carbocycles. The van der Waals surface area contributed by atoms with Gasteiger partial charge in [0.05, 0.1) is 0 Å². The Morgan fingerprint density at radius 1 is 1.47 bits per heavy atom. The van der Waals surface area contributed by atoms with E-state index in [0.717, 1.165) is 0 Å². The third-order valence-electron chi connectivity index (χ3n) is 2.24. The van der Waals surface area contributed by atoms with Crippen molar-refractivity contribution in [3.05, 3.63) is 0 Å². The van der Waals surface area contributed by atoms with Crippen LogP contribution in [0.5, 0.6) is 0 Å². The number of carboxylic acids is 1. The van der Waals surface area contributed by atoms with Crippen molar-refractivity contribution in [1.82, 2.24) is 5.32 Å². The summed E-state index contributed by atoms with van der Waals surface area (Å²) in [5.41, 5.74) is -0.999. The Bertz CT molecular complexity index is 238. The highest BCUT2D eigenvalue weighted by molar-refractivity contribution is 5.88. The first kappa shape index (κ1) is 13.9. The van der Waals surface area contributed by atoms with Crippen molar-refractivity contribution in [2.75, 3.05) is 7.11 Å². The molecule has 0 saturated heterocycles. The van der Waals surface area contributed by atoms with Gasteiger partial charge in [0, 0.05) is 7.11 Å². The van der Waals surface area contributed by atoms with Gasteiger partial charge in [-0.15, -0.1) is 0 Å². The number of carbonyl (C=O) groups is 2. The molecular weight excluding hydrogens is 198 g/mol. The molecule has 2 N–H and O–H groups in total. The van der Waals surface area contributed by atoms with Crippen LogP contribution in [0, 0.1) is 0 Å². The maximum absolute atomic E-state index is 11.6. The quantitative estimate of drug-likeness (QED) is 0.689. The molecule has 15 heavy (non-hydrogen) atoms. The first-order valence-electron chi connectivity index (χ1n) is 4.94. The van der Waals surface area contributed by atoms with E-state index in [0.29, 0.717) is 12.8 Å². The van der Waals surface area contributed by atoms with Gasteiger partial charge >= 0.3 is 5.97 Å². The molecule has 0 aliphatic rings. The van der Waals surface area contributed by atoms with E-state index in [1.165, 1.54) is 7.11 Å². The smallest absolute Gasteiger partial charge is 0.326 e. The number of carbonyl (C=O) groups excluding carboxylic acids is 1. The largest absolute Gasteiger partial charge is 0.480 e. The Morgan fingerprint density at radius 2 is 2.00 bits per heavy atom. The third kappa shape index (κ3) is 4.29. The SMILES string of the molecule is CCC[C@H](NC(=O)C(C)(C)OC)C(=O)O. The highest BCUT2D eigenvalue weighted by Gasteiger charge is 2.30. The van der Waals surface area contributed by atoms with Crippen LogP contribution in [0.4, 0.5) is 0 Å². The lowest BCUT2D eigenvalue weighted by Gasteiger charge is -2.24. The van der Waals surface area contributed by atoms with Gasteiger partial charge in [0.2, 0.25) is 0 Å². The van der Waals surface area contributed by atoms with Crippen LogP contribution >= 0.6 is 0 Å². The molecule has 0 spiro atoms. The number of hydrogen-bond acceptors (Lipinski definition) is 3. The number of hydrogen-bond donors (Lipinski definition) is 2. The molecule has 0 aliphatic heterocycles. The normalized spacial score (nSPS) is 13.3. The van der Waals surface area contributed by atoms with E-state index in [-0.39, 0.29) is 0 Å². The van der Waals surface area contributed by atoms with E-state index in [9.17, 15) is 9.59 Å². The van der Waals surface area contributed by atoms with E-state index in [4.69, 9.17) is 9.84 Å². The fraction of sp³-hybridized carbons (Fsp3) is 0.800. The first-order chi connectivity index (χ1) is 6.85. The number of amides is 1. The summed E-state index contributed by atoms with van der Waals surface area (Å²) >= 11 is 0. The van der Waals surface area contributed by atoms with E-state index in [1.54, 1.807) is 13.8 Å². The zero-order chi connectivity index (χ0) is 12.1. The van der Waals surface area contributed by atoms with Gasteiger partial charge in [0.1, 0.15) is 11.6 Å². The summed E-state index contributed by atoms with van der Waals surface area (Å²) in [4.78, 5) is 22.4. The van der Waals surface area contributed by atoms with Crippen LogP contribution < -0.4 is 5.32 Å². The summed E-state index contributed by atoms with van der Waals surface area (Å²) in [7, 11) is 1.41. The minimum atomic E-state index is -1.02. The molecule has 1 amide bonds. The predicted molar refractivity (Wildman–Crippen MR) is 55.6 cm³/mol. The van der Waals surface area contributed by atoms with E-state index >= 15 is 0 Å². The van der Waals surface area contributed by atoms with Gasteiger partial charge in [-0.1, -0.05) is 13.3 Å². The molecule has 0 bridgehead atoms. The summed E-state index contributed by atoms with van der Waals surface area (Å²) in [6, 6.07) is -0.836. The second-order valence-corrected chi connectivity index (χ2v) is 3.87. The fourth-order valence-corrected chi connectivity index (χ4v) is 0.971. The van der Waals surface area contributed by atoms with Gasteiger partial charge < -0.3 is 15.2 Å². The summed E-state index contributed by atoms with van der Waals surface area (Å²) in [6.45, 7) is 5.05. The van der Waals surface area contributed by atoms with Crippen LogP contribution in [-0.2, 0) is 14.3 Å². The first-order valence-corrected chi connectivity index (χ1v) is 4.94. The van der Waals surface area contributed by atoms with E-state index in [2.05, 4.69) is 5.32 Å². The Hall–Kier alpha value is -1.10. The minimum absolute atomic E-state index is 0.411. The van der Waals surface area contributed by atoms with Crippen LogP contribution in [0.3, 0.4) is 0 Å². The maximum atomic E-state index is 11.6. The van der Waals surface area contributed by atoms with Gasteiger partial charge in [-0.3, -0.25) is 4.79 Å². The molecule has 0 aromatic heterocycles. The van der Waals surface area contributed by atoms with Crippen LogP contribution in [-0.4, -0.2) is 35.7 Å². The number of ether oxygens (including phenoxy) is 1. The molecule has 5 heteroatoms. The fourth-order valence-electron chi connectivity index (χ4n) is 0.971. The summed E-state index contributed by atoms with van der Waals surface area (Å²) in [5, 5.41) is 11.3. The Kier molecular flexibility index (Phi) is 5.28. The molecule has 0 rings (SSSR count). The summed E-state index contributed by atoms with van der Waals surface area (Å²) in [6.07, 6.45) is 1.12. The number of methoxy groups -OCH3 is 1. The molecule has 0 unspecified atom stereocenters. The average molecular weight is 217 g/mol. The van der Waals surface area contributed by atoms with Crippen molar-refractivity contribution in [3.63, 3.8) is 0 Å². The van der Waals surface area contributed by atoms with Crippen molar-refractivity contribution in [3.8, 4) is 0 Å². The number of nitrogens with one attached hydrogen (secondary N) is 1. The van der Waals surface area contributed by atoms with Crippen LogP contribution in [0.1, 0.15) is 33.6 Å². The molecule has 1 atom stereocenters. The van der Waals surface area contributed by atoms with Crippen molar-refractivity contribution < 1.29 is 19.4 Å². The second kappa shape index (κ2) is 5.70. The molecule has 0 aliphatic carbocycles. The van der Waals surface area contributed by atoms with Crippen LogP contribution in [0.15, 0.2) is 0 Å². The van der Waals surface area contributed by atoms with Crippen LogP contribution in [0.25, 0.3) is 0 Å². The van der Waals surface area contributed by atoms with Crippen molar-refractivity contribution in [1.29, 1.82) is 0 Å². The highest BCUT2D eigenvalue weighted by Crippen LogP contribution is 2.08. The van der Waals surface area contributed by atoms with Gasteiger partial charge in [0.15, 0.2) is 0 Å². The number of rotatable bonds is 6. The monoisotopic (exact) mass is 217 g/mol. The van der Waals surface area contributed by atoms with E-state index in [1.807, 2.05) is 6.92 Å². The van der Waals surface area contributed by atoms with Crippen molar-refractivity contribution in [2.45, 2.75) is 45.3 Å². The lowest BCUT2D eigenvalue weighted by atomic mass is 10.1. The minimum Gasteiger partial charge on any atom is -0.480 e. The molecule has 0 saturated carbocycles. The van der Waals surface area contributed by atoms with Gasteiger partial charge in [0.25, 0.3) is 5.91 Å². The predicted octanol–water partition coefficient (Wildman–Crippen LogP) is 0.781. The topological polar surface area (TPSA) is 75.6 Å². The molecule has 5 nitrogen and oxygen atoms in total. The lowest BCUT2D eigenvalue weighted by Crippen LogP contribution is -2.50. The Labute approximate surface area is 89.8 Å². The lowest BCUT2D eigenvalue weighted by molar-refractivity contribution is -0.147. The number of carboxylic acid groups (broad SMARTS) is 1. The molecule has 0 fully saturated rings. The zero-order valence-electron chi connectivity index (χ0n) is 9.66. The van der Waals surface area contributed by atoms with Gasteiger partial charge in [-0.05, 0) is 20.3 Å². The van der Waals surface area contributed by atoms with Crippen molar-refractivity contribution in [2.24, 2.45) is 0 Å². The molecular formula is C10H19NO4. The number of aliphatic carboxylic acids is 1. The molecule has 0 aromatic rings.